The van der Waals surface area contributed by atoms with Crippen LogP contribution in [0.5, 0.6) is 11.5 Å². The zero-order chi connectivity index (χ0) is 41.7. The van der Waals surface area contributed by atoms with E-state index in [0.29, 0.717) is 0 Å². The molecule has 0 saturated heterocycles. The van der Waals surface area contributed by atoms with Crippen LogP contribution in [-0.2, 0) is 30.8 Å². The molecule has 0 atom stereocenters. The Balaban J connectivity index is 0.000000172. The number of benzene rings is 4. The maximum atomic E-state index is 5.95. The summed E-state index contributed by atoms with van der Waals surface area (Å²) in [4.78, 5) is 0. The minimum atomic E-state index is -1.65. The first kappa shape index (κ1) is 43.5. The van der Waals surface area contributed by atoms with Gasteiger partial charge in [-0.25, -0.2) is 0 Å². The molecule has 0 aliphatic rings. The first-order valence-corrected chi connectivity index (χ1v) is 32.2. The Labute approximate surface area is 358 Å². The number of fused-ring (bicyclic) bond motifs is 2. The summed E-state index contributed by atoms with van der Waals surface area (Å²) in [5.41, 5.74) is 12.2. The van der Waals surface area contributed by atoms with Crippen molar-refractivity contribution in [3.63, 3.8) is 0 Å². The van der Waals surface area contributed by atoms with Crippen LogP contribution < -0.4 is 9.47 Å². The summed E-state index contributed by atoms with van der Waals surface area (Å²) in [5.74, 6) is 5.60. The van der Waals surface area contributed by atoms with E-state index in [1.165, 1.54) is 66.1 Å². The van der Waals surface area contributed by atoms with E-state index in [1.807, 2.05) is 38.1 Å². The average Bonchev–Trinajstić information content (AvgIpc) is 4.02. The quantitative estimate of drug-likeness (QED) is 0.113. The molecular weight excluding hydrogens is 855 g/mol. The SMILES string of the molecule is CCc1ccc2[cH-]c(-c3cc(C)c(C)o3)cc2c1-c1ccc(OC)cc1.CCc1ccc2[cH-]c(-c3cc(C)c(C)o3)cc2c1-c1ccc(OC)cc1.C[Si](C)=[Zr]([Cl])[Cl]. The number of methoxy groups -OCH3 is 2. The molecular formula is C50H52Cl2O4SiZr-2. The van der Waals surface area contributed by atoms with Crippen LogP contribution in [0.1, 0.15) is 47.6 Å². The molecule has 0 aliphatic heterocycles. The van der Waals surface area contributed by atoms with E-state index in [2.05, 4.69) is 126 Å². The molecule has 4 nitrogen and oxygen atoms in total. The second-order valence-electron chi connectivity index (χ2n) is 14.8. The van der Waals surface area contributed by atoms with Crippen molar-refractivity contribution in [1.82, 2.24) is 0 Å². The van der Waals surface area contributed by atoms with E-state index in [4.69, 9.17) is 35.3 Å². The summed E-state index contributed by atoms with van der Waals surface area (Å²) in [6, 6.07) is 38.8. The van der Waals surface area contributed by atoms with Crippen LogP contribution in [-0.4, -0.2) is 19.7 Å². The number of hydrogen-bond acceptors (Lipinski definition) is 4. The van der Waals surface area contributed by atoms with Crippen LogP contribution >= 0.6 is 17.0 Å². The summed E-state index contributed by atoms with van der Waals surface area (Å²) < 4.78 is 22.5. The van der Waals surface area contributed by atoms with E-state index in [0.717, 1.165) is 58.5 Å². The van der Waals surface area contributed by atoms with Gasteiger partial charge in [-0.1, -0.05) is 72.5 Å². The molecule has 0 N–H and O–H groups in total. The molecule has 8 heteroatoms. The van der Waals surface area contributed by atoms with Crippen LogP contribution in [0.4, 0.5) is 0 Å². The topological polar surface area (TPSA) is 44.7 Å². The molecule has 0 aliphatic carbocycles. The molecule has 0 amide bonds. The van der Waals surface area contributed by atoms with Crippen molar-refractivity contribution >= 4 is 44.0 Å². The summed E-state index contributed by atoms with van der Waals surface area (Å²) in [6.07, 6.45) is 1.99. The van der Waals surface area contributed by atoms with Gasteiger partial charge in [-0.2, -0.15) is 0 Å². The fourth-order valence-corrected chi connectivity index (χ4v) is 7.16. The number of rotatable bonds is 8. The third-order valence-electron chi connectivity index (χ3n) is 10.8. The Morgan fingerprint density at radius 2 is 0.931 bits per heavy atom. The van der Waals surface area contributed by atoms with E-state index in [-0.39, 0.29) is 5.43 Å². The number of aryl methyl sites for hydroxylation is 6. The van der Waals surface area contributed by atoms with Gasteiger partial charge in [0.2, 0.25) is 0 Å². The zero-order valence-electron chi connectivity index (χ0n) is 35.2. The van der Waals surface area contributed by atoms with Crippen molar-refractivity contribution in [2.75, 3.05) is 14.2 Å². The summed E-state index contributed by atoms with van der Waals surface area (Å²) in [7, 11) is 14.6. The summed E-state index contributed by atoms with van der Waals surface area (Å²) in [5, 5.41) is 5.04. The van der Waals surface area contributed by atoms with Crippen molar-refractivity contribution in [2.24, 2.45) is 0 Å². The van der Waals surface area contributed by atoms with E-state index in [1.54, 1.807) is 14.2 Å². The molecule has 300 valence electrons. The Kier molecular flexibility index (Phi) is 14.5. The van der Waals surface area contributed by atoms with Crippen LogP contribution in [0.2, 0.25) is 13.1 Å². The molecule has 2 aromatic heterocycles. The summed E-state index contributed by atoms with van der Waals surface area (Å²) in [6.45, 7) is 16.9. The molecule has 6 aromatic carbocycles. The van der Waals surface area contributed by atoms with Gasteiger partial charge in [-0.3, -0.25) is 0 Å². The number of hydrogen-bond donors (Lipinski definition) is 0. The van der Waals surface area contributed by atoms with Gasteiger partial charge in [-0.05, 0) is 110 Å². The number of halogens is 2. The van der Waals surface area contributed by atoms with E-state index in [9.17, 15) is 0 Å². The first-order valence-electron chi connectivity index (χ1n) is 19.7. The zero-order valence-corrected chi connectivity index (χ0v) is 40.2. The molecule has 0 bridgehead atoms. The Hall–Kier alpha value is -4.06. The van der Waals surface area contributed by atoms with Gasteiger partial charge in [0, 0.05) is 0 Å². The van der Waals surface area contributed by atoms with Gasteiger partial charge in [-0.15, -0.1) is 57.9 Å². The van der Waals surface area contributed by atoms with E-state index >= 15 is 0 Å². The normalized spacial score (nSPS) is 10.9. The van der Waals surface area contributed by atoms with Crippen LogP contribution in [0.25, 0.3) is 66.4 Å². The first-order chi connectivity index (χ1) is 27.8. The van der Waals surface area contributed by atoms with Crippen molar-refractivity contribution in [3.05, 3.63) is 143 Å². The fraction of sp³-hybridized carbons (Fsp3) is 0.240. The van der Waals surface area contributed by atoms with Gasteiger partial charge >= 0.3 is 53.5 Å². The van der Waals surface area contributed by atoms with Gasteiger partial charge in [0.15, 0.2) is 0 Å². The van der Waals surface area contributed by atoms with Crippen molar-refractivity contribution < 1.29 is 36.3 Å². The molecule has 8 rings (SSSR count). The van der Waals surface area contributed by atoms with E-state index < -0.39 is 18.0 Å². The molecule has 8 aromatic rings. The predicted octanol–water partition coefficient (Wildman–Crippen LogP) is 15.5. The van der Waals surface area contributed by atoms with Gasteiger partial charge < -0.3 is 18.3 Å². The second kappa shape index (κ2) is 19.3. The molecule has 58 heavy (non-hydrogen) atoms. The third-order valence-corrected chi connectivity index (χ3v) is 30.5. The monoisotopic (exact) mass is 904 g/mol. The van der Waals surface area contributed by atoms with Gasteiger partial charge in [0.05, 0.1) is 37.3 Å². The Bertz CT molecular complexity index is 2460. The standard InChI is InChI=1S/2C24H23O2.C2H6Si.2ClH.Zr/c2*1-5-17-6-7-19-13-20(23-12-15(2)16(3)26-23)14-22(19)24(17)18-8-10-21(25-4)11-9-18;1-3-2;;;/h2*6-14H,5H2,1-4H3;1-2H3;2*1H;/q2*-1;;;;+2/p-2. The molecule has 0 unspecified atom stereocenters. The molecule has 0 radical (unpaired) electrons. The summed E-state index contributed by atoms with van der Waals surface area (Å²) >= 11 is -1.65. The predicted molar refractivity (Wildman–Crippen MR) is 245 cm³/mol. The number of furan rings is 2. The van der Waals surface area contributed by atoms with Crippen molar-refractivity contribution in [1.29, 1.82) is 0 Å². The molecule has 0 saturated carbocycles. The van der Waals surface area contributed by atoms with Crippen LogP contribution in [0.3, 0.4) is 0 Å². The maximum absolute atomic E-state index is 5.95. The Morgan fingerprint density at radius 1 is 0.569 bits per heavy atom. The second-order valence-corrected chi connectivity index (χ2v) is 37.8. The van der Waals surface area contributed by atoms with Crippen molar-refractivity contribution in [3.8, 4) is 56.4 Å². The molecule has 0 fully saturated rings. The Morgan fingerprint density at radius 3 is 1.21 bits per heavy atom. The fourth-order valence-electron chi connectivity index (χ4n) is 7.16. The van der Waals surface area contributed by atoms with Crippen LogP contribution in [0, 0.1) is 27.7 Å². The average molecular weight is 907 g/mol. The molecule has 2 heterocycles. The van der Waals surface area contributed by atoms with Crippen LogP contribution in [0.15, 0.2) is 118 Å². The molecule has 0 spiro atoms. The minimum absolute atomic E-state index is 0.224. The van der Waals surface area contributed by atoms with Crippen molar-refractivity contribution in [2.45, 2.75) is 67.5 Å². The third kappa shape index (κ3) is 9.69. The van der Waals surface area contributed by atoms with Gasteiger partial charge in [0.25, 0.3) is 0 Å². The van der Waals surface area contributed by atoms with Gasteiger partial charge in [0.1, 0.15) is 11.5 Å². The number of ether oxygens (including phenoxy) is 2.